The predicted octanol–water partition coefficient (Wildman–Crippen LogP) is 1.62. The lowest BCUT2D eigenvalue weighted by Gasteiger charge is -2.05. The standard InChI is InChI=1S/C9H10O3S2/c1-13-8-4-3-7(6-10)5-9(8)14(2,11)12/h3-6H,1-2H3. The minimum Gasteiger partial charge on any atom is -0.298 e. The average molecular weight is 230 g/mol. The second kappa shape index (κ2) is 4.14. The van der Waals surface area contributed by atoms with Gasteiger partial charge in [0.2, 0.25) is 0 Å². The van der Waals surface area contributed by atoms with Crippen molar-refractivity contribution in [2.75, 3.05) is 12.5 Å². The van der Waals surface area contributed by atoms with Crippen LogP contribution in [0.4, 0.5) is 0 Å². The van der Waals surface area contributed by atoms with Crippen molar-refractivity contribution < 1.29 is 13.2 Å². The molecule has 0 aliphatic heterocycles. The number of carbonyl (C=O) groups is 1. The first-order valence-electron chi connectivity index (χ1n) is 3.82. The highest BCUT2D eigenvalue weighted by Gasteiger charge is 2.13. The molecule has 0 radical (unpaired) electrons. The number of sulfone groups is 1. The van der Waals surface area contributed by atoms with E-state index in [0.717, 1.165) is 6.26 Å². The molecule has 0 heterocycles. The summed E-state index contributed by atoms with van der Waals surface area (Å²) in [5, 5.41) is 0. The lowest BCUT2D eigenvalue weighted by molar-refractivity contribution is 0.112. The molecule has 0 aliphatic carbocycles. The third-order valence-corrected chi connectivity index (χ3v) is 3.78. The fraction of sp³-hybridized carbons (Fsp3) is 0.222. The van der Waals surface area contributed by atoms with Gasteiger partial charge in [-0.15, -0.1) is 11.8 Å². The van der Waals surface area contributed by atoms with Crippen LogP contribution < -0.4 is 0 Å². The Morgan fingerprint density at radius 1 is 1.36 bits per heavy atom. The van der Waals surface area contributed by atoms with Gasteiger partial charge in [0.15, 0.2) is 9.84 Å². The molecule has 0 aliphatic rings. The summed E-state index contributed by atoms with van der Waals surface area (Å²) >= 11 is 1.35. The lowest BCUT2D eigenvalue weighted by Crippen LogP contribution is -2.00. The van der Waals surface area contributed by atoms with Crippen molar-refractivity contribution in [2.45, 2.75) is 9.79 Å². The zero-order chi connectivity index (χ0) is 10.8. The van der Waals surface area contributed by atoms with Gasteiger partial charge in [0.1, 0.15) is 6.29 Å². The fourth-order valence-electron chi connectivity index (χ4n) is 1.06. The molecule has 0 unspecified atom stereocenters. The summed E-state index contributed by atoms with van der Waals surface area (Å²) in [4.78, 5) is 11.4. The highest BCUT2D eigenvalue weighted by atomic mass is 32.2. The normalized spacial score (nSPS) is 11.3. The molecule has 0 saturated carbocycles. The van der Waals surface area contributed by atoms with Crippen molar-refractivity contribution in [3.63, 3.8) is 0 Å². The molecule has 0 aromatic heterocycles. The van der Waals surface area contributed by atoms with Crippen LogP contribution in [0.5, 0.6) is 0 Å². The van der Waals surface area contributed by atoms with Crippen LogP contribution in [0.15, 0.2) is 28.0 Å². The van der Waals surface area contributed by atoms with Gasteiger partial charge in [-0.2, -0.15) is 0 Å². The SMILES string of the molecule is CSc1ccc(C=O)cc1S(C)(=O)=O. The van der Waals surface area contributed by atoms with Crippen LogP contribution in [0.25, 0.3) is 0 Å². The number of benzene rings is 1. The second-order valence-corrected chi connectivity index (χ2v) is 5.63. The Balaban J connectivity index is 3.44. The van der Waals surface area contributed by atoms with Crippen LogP contribution in [0.3, 0.4) is 0 Å². The van der Waals surface area contributed by atoms with Crippen LogP contribution in [0, 0.1) is 0 Å². The molecule has 1 aromatic rings. The third-order valence-electron chi connectivity index (χ3n) is 1.72. The first-order valence-corrected chi connectivity index (χ1v) is 6.94. The maximum absolute atomic E-state index is 11.4. The van der Waals surface area contributed by atoms with E-state index in [0.29, 0.717) is 16.7 Å². The maximum atomic E-state index is 11.4. The van der Waals surface area contributed by atoms with E-state index in [9.17, 15) is 13.2 Å². The van der Waals surface area contributed by atoms with Crippen molar-refractivity contribution in [2.24, 2.45) is 0 Å². The molecule has 5 heteroatoms. The summed E-state index contributed by atoms with van der Waals surface area (Å²) in [6.07, 6.45) is 3.57. The zero-order valence-electron chi connectivity index (χ0n) is 7.85. The maximum Gasteiger partial charge on any atom is 0.176 e. The number of rotatable bonds is 3. The summed E-state index contributed by atoms with van der Waals surface area (Å²) in [7, 11) is -3.26. The van der Waals surface area contributed by atoms with Crippen LogP contribution in [-0.2, 0) is 9.84 Å². The van der Waals surface area contributed by atoms with Crippen LogP contribution in [0.1, 0.15) is 10.4 Å². The van der Waals surface area contributed by atoms with E-state index < -0.39 is 9.84 Å². The predicted molar refractivity (Wildman–Crippen MR) is 56.7 cm³/mol. The Morgan fingerprint density at radius 3 is 2.43 bits per heavy atom. The molecule has 76 valence electrons. The number of thioether (sulfide) groups is 1. The van der Waals surface area contributed by atoms with Crippen molar-refractivity contribution >= 4 is 27.9 Å². The zero-order valence-corrected chi connectivity index (χ0v) is 9.48. The van der Waals surface area contributed by atoms with E-state index in [4.69, 9.17) is 0 Å². The van der Waals surface area contributed by atoms with Gasteiger partial charge in [-0.05, 0) is 18.4 Å². The molecule has 0 fully saturated rings. The Bertz CT molecular complexity index is 449. The van der Waals surface area contributed by atoms with Crippen LogP contribution >= 0.6 is 11.8 Å². The van der Waals surface area contributed by atoms with Gasteiger partial charge in [-0.1, -0.05) is 6.07 Å². The Kier molecular flexibility index (Phi) is 3.34. The van der Waals surface area contributed by atoms with Crippen molar-refractivity contribution in [3.05, 3.63) is 23.8 Å². The van der Waals surface area contributed by atoms with E-state index in [1.807, 2.05) is 0 Å². The Labute approximate surface area is 87.4 Å². The minimum atomic E-state index is -3.26. The Morgan fingerprint density at radius 2 is 2.00 bits per heavy atom. The molecular formula is C9H10O3S2. The first-order chi connectivity index (χ1) is 6.49. The van der Waals surface area contributed by atoms with Crippen molar-refractivity contribution in [1.29, 1.82) is 0 Å². The van der Waals surface area contributed by atoms with Gasteiger partial charge in [0, 0.05) is 16.7 Å². The summed E-state index contributed by atoms with van der Waals surface area (Å²) in [5.41, 5.74) is 0.378. The molecule has 0 saturated heterocycles. The van der Waals surface area contributed by atoms with Gasteiger partial charge in [0.25, 0.3) is 0 Å². The highest BCUT2D eigenvalue weighted by Crippen LogP contribution is 2.25. The fourth-order valence-corrected chi connectivity index (χ4v) is 3.01. The topological polar surface area (TPSA) is 51.2 Å². The second-order valence-electron chi connectivity index (χ2n) is 2.80. The molecule has 3 nitrogen and oxygen atoms in total. The quantitative estimate of drug-likeness (QED) is 0.585. The number of carbonyl (C=O) groups excluding carboxylic acids is 1. The number of hydrogen-bond donors (Lipinski definition) is 0. The summed E-state index contributed by atoms with van der Waals surface area (Å²) in [6, 6.07) is 4.65. The molecule has 0 amide bonds. The van der Waals surface area contributed by atoms with Gasteiger partial charge in [-0.3, -0.25) is 4.79 Å². The molecule has 0 bridgehead atoms. The van der Waals surface area contributed by atoms with E-state index in [-0.39, 0.29) is 4.90 Å². The summed E-state index contributed by atoms with van der Waals surface area (Å²) in [6.45, 7) is 0. The molecular weight excluding hydrogens is 220 g/mol. The molecule has 0 N–H and O–H groups in total. The molecule has 0 spiro atoms. The highest BCUT2D eigenvalue weighted by molar-refractivity contribution is 7.99. The van der Waals surface area contributed by atoms with Crippen molar-refractivity contribution in [3.8, 4) is 0 Å². The number of hydrogen-bond acceptors (Lipinski definition) is 4. The molecule has 14 heavy (non-hydrogen) atoms. The monoisotopic (exact) mass is 230 g/mol. The minimum absolute atomic E-state index is 0.217. The summed E-state index contributed by atoms with van der Waals surface area (Å²) < 4.78 is 22.7. The smallest absolute Gasteiger partial charge is 0.176 e. The lowest BCUT2D eigenvalue weighted by atomic mass is 10.2. The van der Waals surface area contributed by atoms with Gasteiger partial charge >= 0.3 is 0 Å². The third kappa shape index (κ3) is 2.36. The van der Waals surface area contributed by atoms with Crippen LogP contribution in [0.2, 0.25) is 0 Å². The first kappa shape index (κ1) is 11.3. The van der Waals surface area contributed by atoms with E-state index in [1.54, 1.807) is 18.4 Å². The van der Waals surface area contributed by atoms with Gasteiger partial charge in [0.05, 0.1) is 4.90 Å². The van der Waals surface area contributed by atoms with E-state index in [2.05, 4.69) is 0 Å². The molecule has 0 atom stereocenters. The van der Waals surface area contributed by atoms with Crippen molar-refractivity contribution in [1.82, 2.24) is 0 Å². The van der Waals surface area contributed by atoms with Crippen LogP contribution in [-0.4, -0.2) is 27.2 Å². The van der Waals surface area contributed by atoms with Gasteiger partial charge < -0.3 is 0 Å². The van der Waals surface area contributed by atoms with E-state index in [1.165, 1.54) is 17.8 Å². The Hall–Kier alpha value is -0.810. The summed E-state index contributed by atoms with van der Waals surface area (Å²) in [5.74, 6) is 0. The molecule has 1 rings (SSSR count). The molecule has 1 aromatic carbocycles. The largest absolute Gasteiger partial charge is 0.298 e. The van der Waals surface area contributed by atoms with Gasteiger partial charge in [-0.25, -0.2) is 8.42 Å². The van der Waals surface area contributed by atoms with E-state index >= 15 is 0 Å². The number of aldehydes is 1. The average Bonchev–Trinajstić information content (AvgIpc) is 2.15.